The van der Waals surface area contributed by atoms with Crippen molar-refractivity contribution in [3.05, 3.63) is 0 Å². The minimum absolute atomic E-state index is 0. The number of halogens is 1. The highest BCUT2D eigenvalue weighted by Crippen LogP contribution is 2.12. The Kier molecular flexibility index (Phi) is 10.5. The molecule has 2 N–H and O–H groups in total. The molecule has 100 valence electrons. The highest BCUT2D eigenvalue weighted by molar-refractivity contribution is 6.60. The molecule has 0 heterocycles. The molecule has 0 aliphatic carbocycles. The van der Waals surface area contributed by atoms with Gasteiger partial charge in [0.1, 0.15) is 0 Å². The van der Waals surface area contributed by atoms with E-state index >= 15 is 0 Å². The molecule has 0 aromatic heterocycles. The Morgan fingerprint density at radius 3 is 1.44 bits per heavy atom. The van der Waals surface area contributed by atoms with Crippen LogP contribution in [0.2, 0.25) is 0 Å². The van der Waals surface area contributed by atoms with Crippen LogP contribution in [0.4, 0.5) is 0 Å². The quantitative estimate of drug-likeness (QED) is 0.171. The Bertz CT molecular complexity index is 162. The molecule has 0 aromatic carbocycles. The Labute approximate surface area is 117 Å². The van der Waals surface area contributed by atoms with Gasteiger partial charge in [-0.15, -0.1) is 0 Å². The number of nitrogens with zero attached hydrogens (tertiary/aromatic N) is 1. The van der Waals surface area contributed by atoms with Gasteiger partial charge in [0.25, 0.3) is 0 Å². The van der Waals surface area contributed by atoms with Gasteiger partial charge in [-0.25, -0.2) is 4.59 Å². The van der Waals surface area contributed by atoms with Crippen molar-refractivity contribution in [2.75, 3.05) is 40.1 Å². The van der Waals surface area contributed by atoms with Gasteiger partial charge in [-0.1, -0.05) is 0 Å². The third-order valence-corrected chi connectivity index (χ3v) is 5.08. The average molecular weight is 364 g/mol. The van der Waals surface area contributed by atoms with Gasteiger partial charge < -0.3 is 37.3 Å². The second kappa shape index (κ2) is 8.78. The molecule has 0 aromatic rings. The molecule has 0 aliphatic heterocycles. The van der Waals surface area contributed by atoms with Crippen molar-refractivity contribution >= 4 is 8.80 Å². The smallest absolute Gasteiger partial charge is 0.561 e. The van der Waals surface area contributed by atoms with Gasteiger partial charge in [0, 0.05) is 19.8 Å². The minimum Gasteiger partial charge on any atom is -1.00 e. The number of hydrogen-bond acceptors (Lipinski definition) is 4. The maximum absolute atomic E-state index is 5.94. The molecule has 0 amide bonds. The summed E-state index contributed by atoms with van der Waals surface area (Å²) >= 11 is 0. The second-order valence-corrected chi connectivity index (χ2v) is 6.47. The van der Waals surface area contributed by atoms with E-state index in [1.807, 2.05) is 34.9 Å². The van der Waals surface area contributed by atoms with Gasteiger partial charge >= 0.3 is 8.80 Å². The summed E-state index contributed by atoms with van der Waals surface area (Å²) in [5.41, 5.74) is 0. The SMILES string of the molecule is CCO[Si](C[N+](C)(C)N)(OCC)OCC.[I-]. The van der Waals surface area contributed by atoms with Gasteiger partial charge in [-0.2, -0.15) is 5.84 Å². The highest BCUT2D eigenvalue weighted by Gasteiger charge is 2.47. The van der Waals surface area contributed by atoms with Crippen LogP contribution in [0.1, 0.15) is 20.8 Å². The average Bonchev–Trinajstić information content (AvgIpc) is 2.01. The summed E-state index contributed by atoms with van der Waals surface area (Å²) in [6.45, 7) is 7.59. The van der Waals surface area contributed by atoms with Crippen LogP contribution < -0.4 is 29.8 Å². The number of hydrogen-bond donors (Lipinski definition) is 1. The molecule has 16 heavy (non-hydrogen) atoms. The van der Waals surface area contributed by atoms with Crippen LogP contribution in [0, 0.1) is 0 Å². The van der Waals surface area contributed by atoms with Crippen molar-refractivity contribution in [3.8, 4) is 0 Å². The van der Waals surface area contributed by atoms with Crippen LogP contribution in [0.5, 0.6) is 0 Å². The fourth-order valence-corrected chi connectivity index (χ4v) is 4.26. The Balaban J connectivity index is 0. The van der Waals surface area contributed by atoms with Crippen LogP contribution in [0.25, 0.3) is 0 Å². The van der Waals surface area contributed by atoms with Crippen LogP contribution in [0.3, 0.4) is 0 Å². The lowest BCUT2D eigenvalue weighted by atomic mass is 10.9. The molecule has 0 bridgehead atoms. The summed E-state index contributed by atoms with van der Waals surface area (Å²) in [7, 11) is 1.22. The first kappa shape index (κ1) is 19.1. The Morgan fingerprint density at radius 1 is 0.938 bits per heavy atom. The van der Waals surface area contributed by atoms with E-state index in [0.29, 0.717) is 30.6 Å². The molecule has 0 saturated carbocycles. The van der Waals surface area contributed by atoms with E-state index in [1.54, 1.807) is 0 Å². The molecule has 0 atom stereocenters. The largest absolute Gasteiger partial charge is 1.00 e. The first-order chi connectivity index (χ1) is 6.89. The lowest BCUT2D eigenvalue weighted by Gasteiger charge is -2.33. The van der Waals surface area contributed by atoms with Gasteiger partial charge in [-0.05, 0) is 20.8 Å². The first-order valence-corrected chi connectivity index (χ1v) is 7.35. The van der Waals surface area contributed by atoms with E-state index in [-0.39, 0.29) is 24.0 Å². The molecular formula is C9H25IN2O3Si. The zero-order chi connectivity index (χ0) is 11.9. The van der Waals surface area contributed by atoms with Crippen LogP contribution in [-0.2, 0) is 13.3 Å². The fourth-order valence-electron chi connectivity index (χ4n) is 1.42. The van der Waals surface area contributed by atoms with Crippen LogP contribution >= 0.6 is 0 Å². The number of nitrogens with two attached hydrogens (primary N) is 1. The van der Waals surface area contributed by atoms with E-state index in [2.05, 4.69) is 0 Å². The second-order valence-electron chi connectivity index (χ2n) is 3.92. The van der Waals surface area contributed by atoms with Crippen molar-refractivity contribution < 1.29 is 41.8 Å². The third kappa shape index (κ3) is 7.93. The fraction of sp³-hybridized carbons (Fsp3) is 1.00. The lowest BCUT2D eigenvalue weighted by Crippen LogP contribution is -3.00. The molecule has 0 aliphatic rings. The molecule has 0 saturated heterocycles. The van der Waals surface area contributed by atoms with Crippen molar-refractivity contribution in [1.82, 2.24) is 0 Å². The summed E-state index contributed by atoms with van der Waals surface area (Å²) in [6.07, 6.45) is 0.586. The van der Waals surface area contributed by atoms with Gasteiger partial charge in [0.2, 0.25) is 0 Å². The van der Waals surface area contributed by atoms with Crippen molar-refractivity contribution in [3.63, 3.8) is 0 Å². The topological polar surface area (TPSA) is 53.7 Å². The Morgan fingerprint density at radius 2 is 1.25 bits per heavy atom. The standard InChI is InChI=1S/C9H25N2O3Si.HI/c1-6-12-15(13-7-2,14-8-3)9-11(4,5)10;/h6-10H2,1-5H3;1H/q+1;/p-1. The molecule has 0 fully saturated rings. The van der Waals surface area contributed by atoms with E-state index in [9.17, 15) is 0 Å². The summed E-state index contributed by atoms with van der Waals surface area (Å²) in [6, 6.07) is 0. The van der Waals surface area contributed by atoms with E-state index in [0.717, 1.165) is 0 Å². The zero-order valence-electron chi connectivity index (χ0n) is 11.0. The van der Waals surface area contributed by atoms with E-state index in [1.165, 1.54) is 0 Å². The number of rotatable bonds is 8. The maximum atomic E-state index is 5.94. The van der Waals surface area contributed by atoms with Crippen LogP contribution in [-0.4, -0.2) is 53.5 Å². The van der Waals surface area contributed by atoms with Crippen molar-refractivity contribution in [2.45, 2.75) is 20.8 Å². The minimum atomic E-state index is -2.58. The van der Waals surface area contributed by atoms with Gasteiger partial charge in [0.15, 0.2) is 6.17 Å². The van der Waals surface area contributed by atoms with Gasteiger partial charge in [0.05, 0.1) is 14.1 Å². The monoisotopic (exact) mass is 364 g/mol. The molecule has 0 radical (unpaired) electrons. The normalized spacial score (nSPS) is 12.4. The molecule has 0 unspecified atom stereocenters. The lowest BCUT2D eigenvalue weighted by molar-refractivity contribution is -0.894. The summed E-state index contributed by atoms with van der Waals surface area (Å²) in [5.74, 6) is 5.94. The first-order valence-electron chi connectivity index (χ1n) is 5.42. The summed E-state index contributed by atoms with van der Waals surface area (Å²) in [4.78, 5) is 0. The molecule has 0 rings (SSSR count). The summed E-state index contributed by atoms with van der Waals surface area (Å²) in [5, 5.41) is 0. The van der Waals surface area contributed by atoms with Crippen molar-refractivity contribution in [2.24, 2.45) is 5.84 Å². The predicted octanol–water partition coefficient (Wildman–Crippen LogP) is -2.47. The third-order valence-electron chi connectivity index (χ3n) is 1.69. The number of quaternary nitrogens is 1. The Hall–Kier alpha value is 0.747. The van der Waals surface area contributed by atoms with Gasteiger partial charge in [-0.3, -0.25) is 0 Å². The summed E-state index contributed by atoms with van der Waals surface area (Å²) < 4.78 is 17.4. The van der Waals surface area contributed by atoms with Crippen LogP contribution in [0.15, 0.2) is 0 Å². The highest BCUT2D eigenvalue weighted by atomic mass is 127. The molecule has 5 nitrogen and oxygen atoms in total. The zero-order valence-corrected chi connectivity index (χ0v) is 14.1. The molecule has 7 heteroatoms. The molecule has 0 spiro atoms. The van der Waals surface area contributed by atoms with E-state index < -0.39 is 8.80 Å². The van der Waals surface area contributed by atoms with Crippen molar-refractivity contribution in [1.29, 1.82) is 0 Å². The van der Waals surface area contributed by atoms with E-state index in [4.69, 9.17) is 19.1 Å². The predicted molar refractivity (Wildman–Crippen MR) is 61.8 cm³/mol. The maximum Gasteiger partial charge on any atom is 0.561 e. The molecular weight excluding hydrogens is 339 g/mol.